The molecule has 0 aliphatic heterocycles. The summed E-state index contributed by atoms with van der Waals surface area (Å²) < 4.78 is 33.8. The van der Waals surface area contributed by atoms with Crippen LogP contribution in [0.5, 0.6) is 0 Å². The van der Waals surface area contributed by atoms with Crippen LogP contribution in [0.25, 0.3) is 0 Å². The van der Waals surface area contributed by atoms with Crippen molar-refractivity contribution < 1.29 is 22.6 Å². The van der Waals surface area contributed by atoms with Crippen LogP contribution in [-0.2, 0) is 10.1 Å². The summed E-state index contributed by atoms with van der Waals surface area (Å²) in [6.45, 7) is 0. The van der Waals surface area contributed by atoms with Crippen LogP contribution in [0.2, 0.25) is 0 Å². The van der Waals surface area contributed by atoms with Crippen LogP contribution in [-0.4, -0.2) is 53.9 Å². The van der Waals surface area contributed by atoms with Crippen molar-refractivity contribution >= 4 is 45.9 Å². The Hall–Kier alpha value is -0.340. The molecule has 8 heteroatoms. The predicted octanol–water partition coefficient (Wildman–Crippen LogP) is -0.0464. The van der Waals surface area contributed by atoms with Crippen LogP contribution >= 0.6 is 0 Å². The van der Waals surface area contributed by atoms with Gasteiger partial charge in [-0.15, -0.1) is 0 Å². The molecule has 1 aromatic heterocycles. The zero-order valence-electron chi connectivity index (χ0n) is 6.71. The molecular weight excluding hydrogens is 209 g/mol. The van der Waals surface area contributed by atoms with Crippen LogP contribution in [0.3, 0.4) is 0 Å². The molecule has 0 aromatic carbocycles. The number of hydrogen-bond donors (Lipinski definition) is 2. The molecule has 0 spiro atoms. The van der Waals surface area contributed by atoms with Gasteiger partial charge in [-0.3, -0.25) is 4.55 Å². The molecule has 0 atom stereocenters. The van der Waals surface area contributed by atoms with Crippen molar-refractivity contribution in [1.29, 1.82) is 0 Å². The Balaban J connectivity index is 0.00000144. The van der Waals surface area contributed by atoms with Crippen LogP contribution in [0.15, 0.2) is 26.8 Å². The van der Waals surface area contributed by atoms with E-state index in [-0.39, 0.29) is 35.3 Å². The Kier molecular flexibility index (Phi) is 4.65. The van der Waals surface area contributed by atoms with Crippen LogP contribution in [0.4, 0.5) is 0 Å². The van der Waals surface area contributed by atoms with Gasteiger partial charge in [0.2, 0.25) is 5.09 Å². The van der Waals surface area contributed by atoms with Crippen molar-refractivity contribution in [2.45, 2.75) is 5.09 Å². The second-order valence-electron chi connectivity index (χ2n) is 1.88. The molecule has 0 amide bonds. The smallest absolute Gasteiger partial charge is 0.328 e. The summed E-state index contributed by atoms with van der Waals surface area (Å²) in [4.78, 5) is 0. The van der Waals surface area contributed by atoms with Gasteiger partial charge in [0.05, 0.1) is 0 Å². The van der Waals surface area contributed by atoms with E-state index in [1.54, 1.807) is 0 Å². The van der Waals surface area contributed by atoms with E-state index in [4.69, 9.17) is 9.76 Å². The Morgan fingerprint density at radius 2 is 2.08 bits per heavy atom. The van der Waals surface area contributed by atoms with E-state index < -0.39 is 15.2 Å². The van der Waals surface area contributed by atoms with E-state index >= 15 is 0 Å². The Morgan fingerprint density at radius 1 is 1.46 bits per heavy atom. The minimum absolute atomic E-state index is 0. The maximum absolute atomic E-state index is 10.4. The number of oxime groups is 1. The molecule has 0 fully saturated rings. The van der Waals surface area contributed by atoms with E-state index in [1.165, 1.54) is 6.07 Å². The molecule has 0 saturated carbocycles. The van der Waals surface area contributed by atoms with Gasteiger partial charge in [-0.2, -0.15) is 8.42 Å². The Bertz CT molecular complexity index is 395. The van der Waals surface area contributed by atoms with Crippen molar-refractivity contribution in [2.24, 2.45) is 5.16 Å². The third kappa shape index (κ3) is 3.49. The molecule has 1 rings (SSSR count). The molecular formula is C5H5NNaO5S. The van der Waals surface area contributed by atoms with E-state index in [0.717, 1.165) is 12.3 Å². The summed E-state index contributed by atoms with van der Waals surface area (Å²) in [5.41, 5.74) is 0. The first kappa shape index (κ1) is 12.7. The molecule has 2 N–H and O–H groups in total. The monoisotopic (exact) mass is 214 g/mol. The quantitative estimate of drug-likeness (QED) is 0.236. The molecule has 1 heterocycles. The predicted molar refractivity (Wildman–Crippen MR) is 43.7 cm³/mol. The minimum atomic E-state index is -4.31. The number of nitrogens with zero attached hydrogens (tertiary/aromatic N) is 1. The maximum Gasteiger partial charge on any atom is 0.328 e. The zero-order valence-corrected chi connectivity index (χ0v) is 9.52. The summed E-state index contributed by atoms with van der Waals surface area (Å²) in [7, 11) is -4.31. The van der Waals surface area contributed by atoms with Gasteiger partial charge in [0.1, 0.15) is 12.0 Å². The molecule has 67 valence electrons. The van der Waals surface area contributed by atoms with Gasteiger partial charge in [-0.25, -0.2) is 0 Å². The molecule has 6 nitrogen and oxygen atoms in total. The fourth-order valence-corrected chi connectivity index (χ4v) is 1.04. The Morgan fingerprint density at radius 3 is 2.46 bits per heavy atom. The van der Waals surface area contributed by atoms with Crippen LogP contribution in [0.1, 0.15) is 5.76 Å². The van der Waals surface area contributed by atoms with Gasteiger partial charge >= 0.3 is 10.1 Å². The standard InChI is InChI=1S/C5H5NO5S.Na/c7-6-3-4-1-2-5(11-4)12(8,9)10;/h1-3,7H,(H,8,9,10);. The summed E-state index contributed by atoms with van der Waals surface area (Å²) in [5, 5.41) is 10.0. The molecule has 13 heavy (non-hydrogen) atoms. The second kappa shape index (κ2) is 4.77. The molecule has 1 radical (unpaired) electrons. The van der Waals surface area contributed by atoms with Crippen LogP contribution < -0.4 is 0 Å². The van der Waals surface area contributed by atoms with E-state index in [0.29, 0.717) is 0 Å². The largest absolute Gasteiger partial charge is 0.441 e. The number of rotatable bonds is 2. The van der Waals surface area contributed by atoms with Gasteiger partial charge in [0, 0.05) is 29.6 Å². The van der Waals surface area contributed by atoms with Gasteiger partial charge in [0.15, 0.2) is 0 Å². The third-order valence-electron chi connectivity index (χ3n) is 1.04. The fourth-order valence-electron chi connectivity index (χ4n) is 0.599. The average Bonchev–Trinajstić information content (AvgIpc) is 2.35. The van der Waals surface area contributed by atoms with Gasteiger partial charge in [0.25, 0.3) is 0 Å². The Labute approximate surface area is 96.3 Å². The van der Waals surface area contributed by atoms with Crippen molar-refractivity contribution in [3.63, 3.8) is 0 Å². The first-order chi connectivity index (χ1) is 5.54. The molecule has 0 saturated heterocycles. The van der Waals surface area contributed by atoms with Crippen molar-refractivity contribution in [3.05, 3.63) is 17.9 Å². The third-order valence-corrected chi connectivity index (χ3v) is 1.77. The maximum atomic E-state index is 10.4. The van der Waals surface area contributed by atoms with E-state index in [2.05, 4.69) is 9.57 Å². The molecule has 0 unspecified atom stereocenters. The van der Waals surface area contributed by atoms with Crippen molar-refractivity contribution in [1.82, 2.24) is 0 Å². The van der Waals surface area contributed by atoms with Gasteiger partial charge in [-0.1, -0.05) is 5.16 Å². The zero-order chi connectivity index (χ0) is 9.19. The van der Waals surface area contributed by atoms with Gasteiger partial charge < -0.3 is 9.62 Å². The summed E-state index contributed by atoms with van der Waals surface area (Å²) in [6.07, 6.45) is 0.898. The second-order valence-corrected chi connectivity index (χ2v) is 3.23. The summed E-state index contributed by atoms with van der Waals surface area (Å²) >= 11 is 0. The first-order valence-corrected chi connectivity index (χ1v) is 4.23. The molecule has 0 aliphatic carbocycles. The van der Waals surface area contributed by atoms with Crippen molar-refractivity contribution in [3.8, 4) is 0 Å². The number of hydrogen-bond acceptors (Lipinski definition) is 5. The average molecular weight is 214 g/mol. The summed E-state index contributed by atoms with van der Waals surface area (Å²) in [5.74, 6) is 0.0325. The van der Waals surface area contributed by atoms with Gasteiger partial charge in [-0.05, 0) is 12.1 Å². The molecule has 0 bridgehead atoms. The SMILES string of the molecule is O=S(=O)(O)c1ccc(C=NO)o1.[Na]. The topological polar surface area (TPSA) is 100 Å². The number of furan rings is 1. The normalized spacial score (nSPS) is 11.5. The molecule has 0 aliphatic rings. The first-order valence-electron chi connectivity index (χ1n) is 2.79. The van der Waals surface area contributed by atoms with Crippen LogP contribution in [0, 0.1) is 0 Å². The van der Waals surface area contributed by atoms with E-state index in [1.807, 2.05) is 0 Å². The van der Waals surface area contributed by atoms with E-state index in [9.17, 15) is 8.42 Å². The fraction of sp³-hybridized carbons (Fsp3) is 0. The molecule has 1 aromatic rings. The van der Waals surface area contributed by atoms with Crippen molar-refractivity contribution in [2.75, 3.05) is 0 Å². The summed E-state index contributed by atoms with van der Waals surface area (Å²) in [6, 6.07) is 2.29. The minimum Gasteiger partial charge on any atom is -0.441 e.